The fourth-order valence-corrected chi connectivity index (χ4v) is 3.91. The predicted molar refractivity (Wildman–Crippen MR) is 107 cm³/mol. The van der Waals surface area contributed by atoms with Crippen molar-refractivity contribution in [1.29, 1.82) is 0 Å². The highest BCUT2D eigenvalue weighted by molar-refractivity contribution is 5.60. The van der Waals surface area contributed by atoms with Crippen LogP contribution < -0.4 is 15.5 Å². The van der Waals surface area contributed by atoms with Gasteiger partial charge in [0.1, 0.15) is 5.82 Å². The van der Waals surface area contributed by atoms with E-state index in [1.807, 2.05) is 12.1 Å². The molecular formula is C21H25F3N4O. The molecular weight excluding hydrogens is 381 g/mol. The number of halogens is 3. The van der Waals surface area contributed by atoms with Crippen LogP contribution in [0, 0.1) is 0 Å². The number of ether oxygens (including phenoxy) is 1. The van der Waals surface area contributed by atoms with Crippen LogP contribution in [0.25, 0.3) is 0 Å². The summed E-state index contributed by atoms with van der Waals surface area (Å²) in [6.45, 7) is 5.12. The number of fused-ring (bicyclic) bond motifs is 1. The van der Waals surface area contributed by atoms with Crippen LogP contribution >= 0.6 is 0 Å². The second-order valence-electron chi connectivity index (χ2n) is 7.48. The lowest BCUT2D eigenvalue weighted by atomic mass is 9.90. The van der Waals surface area contributed by atoms with Gasteiger partial charge in [0.15, 0.2) is 0 Å². The number of pyridine rings is 1. The normalized spacial score (nSPS) is 22.0. The predicted octanol–water partition coefficient (Wildman–Crippen LogP) is 4.68. The third kappa shape index (κ3) is 4.42. The second kappa shape index (κ2) is 8.10. The molecule has 29 heavy (non-hydrogen) atoms. The maximum atomic E-state index is 13.2. The first-order valence-electron chi connectivity index (χ1n) is 9.97. The number of alkyl halides is 3. The monoisotopic (exact) mass is 406 g/mol. The van der Waals surface area contributed by atoms with Gasteiger partial charge in [-0.25, -0.2) is 4.98 Å². The van der Waals surface area contributed by atoms with E-state index >= 15 is 0 Å². The van der Waals surface area contributed by atoms with Gasteiger partial charge in [-0.15, -0.1) is 0 Å². The highest BCUT2D eigenvalue weighted by atomic mass is 19.4. The van der Waals surface area contributed by atoms with Crippen molar-refractivity contribution in [3.05, 3.63) is 47.7 Å². The molecule has 1 fully saturated rings. The number of hydrogen-bond donors (Lipinski definition) is 2. The topological polar surface area (TPSA) is 49.4 Å². The molecule has 8 heteroatoms. The van der Waals surface area contributed by atoms with Crippen molar-refractivity contribution in [2.75, 3.05) is 41.8 Å². The molecule has 0 saturated carbocycles. The van der Waals surface area contributed by atoms with Gasteiger partial charge in [-0.2, -0.15) is 13.2 Å². The lowest BCUT2D eigenvalue weighted by Gasteiger charge is -2.34. The summed E-state index contributed by atoms with van der Waals surface area (Å²) in [5.74, 6) is 0.659. The summed E-state index contributed by atoms with van der Waals surface area (Å²) >= 11 is 0. The largest absolute Gasteiger partial charge is 0.416 e. The maximum absolute atomic E-state index is 13.2. The van der Waals surface area contributed by atoms with Crippen molar-refractivity contribution < 1.29 is 17.9 Å². The third-order valence-electron chi connectivity index (χ3n) is 5.57. The van der Waals surface area contributed by atoms with E-state index in [1.54, 1.807) is 6.20 Å². The van der Waals surface area contributed by atoms with Gasteiger partial charge in [0.2, 0.25) is 0 Å². The Bertz CT molecular complexity index is 835. The molecule has 2 aromatic rings. The molecule has 3 heterocycles. The Hall–Kier alpha value is -2.48. The number of nitrogens with one attached hydrogen (secondary N) is 2. The van der Waals surface area contributed by atoms with Gasteiger partial charge >= 0.3 is 6.18 Å². The maximum Gasteiger partial charge on any atom is 0.416 e. The van der Waals surface area contributed by atoms with E-state index in [0.717, 1.165) is 37.0 Å². The summed E-state index contributed by atoms with van der Waals surface area (Å²) in [4.78, 5) is 6.72. The zero-order valence-corrected chi connectivity index (χ0v) is 16.3. The number of anilines is 3. The zero-order chi connectivity index (χ0) is 20.4. The number of aromatic nitrogens is 1. The minimum atomic E-state index is -4.36. The molecule has 0 spiro atoms. The van der Waals surface area contributed by atoms with E-state index < -0.39 is 11.7 Å². The third-order valence-corrected chi connectivity index (χ3v) is 5.57. The molecule has 0 amide bonds. The van der Waals surface area contributed by atoms with E-state index in [1.165, 1.54) is 12.1 Å². The van der Waals surface area contributed by atoms with Crippen LogP contribution in [-0.2, 0) is 10.9 Å². The van der Waals surface area contributed by atoms with E-state index in [-0.39, 0.29) is 12.1 Å². The summed E-state index contributed by atoms with van der Waals surface area (Å²) in [6, 6.07) is 7.76. The first-order chi connectivity index (χ1) is 13.9. The first-order valence-corrected chi connectivity index (χ1v) is 9.97. The number of nitrogens with zero attached hydrogens (tertiary/aromatic N) is 2. The molecule has 1 aromatic carbocycles. The average molecular weight is 406 g/mol. The van der Waals surface area contributed by atoms with Gasteiger partial charge in [0, 0.05) is 24.8 Å². The molecule has 2 N–H and O–H groups in total. The molecule has 1 aromatic heterocycles. The molecule has 2 aliphatic rings. The van der Waals surface area contributed by atoms with Crippen molar-refractivity contribution in [1.82, 2.24) is 4.98 Å². The Morgan fingerprint density at radius 3 is 2.66 bits per heavy atom. The highest BCUT2D eigenvalue weighted by Crippen LogP contribution is 2.39. The Morgan fingerprint density at radius 1 is 1.21 bits per heavy atom. The SMILES string of the molecule is CCC1C[C@H](Nc2ccc(N3CCOCC3)cn2)c2cc(C(F)(F)F)ccc2N1. The summed E-state index contributed by atoms with van der Waals surface area (Å²) in [6.07, 6.45) is -0.974. The van der Waals surface area contributed by atoms with E-state index in [2.05, 4.69) is 27.4 Å². The van der Waals surface area contributed by atoms with Gasteiger partial charge in [-0.1, -0.05) is 6.92 Å². The van der Waals surface area contributed by atoms with Crippen molar-refractivity contribution in [2.45, 2.75) is 38.0 Å². The van der Waals surface area contributed by atoms with Gasteiger partial charge in [0.25, 0.3) is 0 Å². The van der Waals surface area contributed by atoms with Crippen LogP contribution in [0.5, 0.6) is 0 Å². The summed E-state index contributed by atoms with van der Waals surface area (Å²) in [7, 11) is 0. The molecule has 0 bridgehead atoms. The number of rotatable bonds is 4. The van der Waals surface area contributed by atoms with E-state index in [4.69, 9.17) is 4.74 Å². The van der Waals surface area contributed by atoms with Gasteiger partial charge in [-0.3, -0.25) is 0 Å². The van der Waals surface area contributed by atoms with E-state index in [9.17, 15) is 13.2 Å². The second-order valence-corrected chi connectivity index (χ2v) is 7.48. The fourth-order valence-electron chi connectivity index (χ4n) is 3.91. The quantitative estimate of drug-likeness (QED) is 0.772. The number of hydrogen-bond acceptors (Lipinski definition) is 5. The standard InChI is InChI=1S/C21H25F3N4O/c1-2-15-12-19(17-11-14(21(22,23)24)3-5-18(17)26-15)27-20-6-4-16(13-25-20)28-7-9-29-10-8-28/h3-6,11,13,15,19,26H,2,7-10,12H2,1H3,(H,25,27)/t15?,19-/m0/s1. The molecule has 0 radical (unpaired) electrons. The zero-order valence-electron chi connectivity index (χ0n) is 16.3. The van der Waals surface area contributed by atoms with Crippen LogP contribution in [-0.4, -0.2) is 37.3 Å². The minimum Gasteiger partial charge on any atom is -0.382 e. The lowest BCUT2D eigenvalue weighted by molar-refractivity contribution is -0.137. The molecule has 156 valence electrons. The molecule has 4 rings (SSSR count). The Balaban J connectivity index is 1.56. The first kappa shape index (κ1) is 19.8. The number of morpholine rings is 1. The lowest BCUT2D eigenvalue weighted by Crippen LogP contribution is -2.36. The van der Waals surface area contributed by atoms with Crippen LogP contribution in [0.15, 0.2) is 36.5 Å². The van der Waals surface area contributed by atoms with Gasteiger partial charge in [-0.05, 0) is 48.7 Å². The minimum absolute atomic E-state index is 0.198. The van der Waals surface area contributed by atoms with Gasteiger partial charge < -0.3 is 20.3 Å². The summed E-state index contributed by atoms with van der Waals surface area (Å²) in [5, 5.41) is 6.70. The van der Waals surface area contributed by atoms with Crippen LogP contribution in [0.1, 0.15) is 36.9 Å². The molecule has 1 saturated heterocycles. The van der Waals surface area contributed by atoms with Crippen molar-refractivity contribution >= 4 is 17.2 Å². The van der Waals surface area contributed by atoms with Crippen molar-refractivity contribution in [3.63, 3.8) is 0 Å². The number of benzene rings is 1. The molecule has 0 aliphatic carbocycles. The van der Waals surface area contributed by atoms with Crippen molar-refractivity contribution in [3.8, 4) is 0 Å². The summed E-state index contributed by atoms with van der Waals surface area (Å²) in [5.41, 5.74) is 1.77. The smallest absolute Gasteiger partial charge is 0.382 e. The van der Waals surface area contributed by atoms with Crippen LogP contribution in [0.4, 0.5) is 30.4 Å². The summed E-state index contributed by atoms with van der Waals surface area (Å²) < 4.78 is 45.0. The fraction of sp³-hybridized carbons (Fsp3) is 0.476. The average Bonchev–Trinajstić information content (AvgIpc) is 2.74. The van der Waals surface area contributed by atoms with E-state index in [0.29, 0.717) is 31.0 Å². The Kier molecular flexibility index (Phi) is 5.54. The Morgan fingerprint density at radius 2 is 2.00 bits per heavy atom. The molecule has 2 aliphatic heterocycles. The highest BCUT2D eigenvalue weighted by Gasteiger charge is 2.34. The van der Waals surface area contributed by atoms with Gasteiger partial charge in [0.05, 0.1) is 36.7 Å². The van der Waals surface area contributed by atoms with Crippen molar-refractivity contribution in [2.24, 2.45) is 0 Å². The molecule has 5 nitrogen and oxygen atoms in total. The van der Waals surface area contributed by atoms with Crippen LogP contribution in [0.3, 0.4) is 0 Å². The molecule has 1 unspecified atom stereocenters. The molecule has 2 atom stereocenters. The Labute approximate surface area is 168 Å². The van der Waals surface area contributed by atoms with Crippen LogP contribution in [0.2, 0.25) is 0 Å².